The SMILES string of the molecule is FC1(F)CCN(Cc2cncc(-c3ccc4[nH]nc(-c5cc6c(-c7cccnc7)nccc6[nH]5)c4c3)c2)C1. The largest absolute Gasteiger partial charge is 0.353 e. The van der Waals surface area contributed by atoms with Crippen LogP contribution in [0.1, 0.15) is 12.0 Å². The Hall–Kier alpha value is -4.50. The minimum atomic E-state index is -2.61. The molecule has 2 N–H and O–H groups in total. The average Bonchev–Trinajstić information content (AvgIpc) is 3.64. The van der Waals surface area contributed by atoms with Gasteiger partial charge >= 0.3 is 0 Å². The number of hydrogen-bond acceptors (Lipinski definition) is 5. The van der Waals surface area contributed by atoms with Crippen LogP contribution in [0.5, 0.6) is 0 Å². The lowest BCUT2D eigenvalue weighted by atomic mass is 10.0. The van der Waals surface area contributed by atoms with E-state index in [9.17, 15) is 8.78 Å². The summed E-state index contributed by atoms with van der Waals surface area (Å²) >= 11 is 0. The van der Waals surface area contributed by atoms with Crippen LogP contribution < -0.4 is 0 Å². The summed E-state index contributed by atoms with van der Waals surface area (Å²) in [6.45, 7) is 0.645. The van der Waals surface area contributed by atoms with E-state index < -0.39 is 5.92 Å². The molecule has 6 aromatic rings. The zero-order valence-corrected chi connectivity index (χ0v) is 20.3. The van der Waals surface area contributed by atoms with Crippen molar-refractivity contribution in [1.29, 1.82) is 0 Å². The van der Waals surface area contributed by atoms with E-state index in [0.29, 0.717) is 13.1 Å². The number of aromatic amines is 2. The number of halogens is 2. The van der Waals surface area contributed by atoms with Gasteiger partial charge in [0.1, 0.15) is 5.69 Å². The summed E-state index contributed by atoms with van der Waals surface area (Å²) < 4.78 is 27.3. The second-order valence-electron chi connectivity index (χ2n) is 9.78. The molecule has 7 rings (SSSR count). The third-order valence-corrected chi connectivity index (χ3v) is 7.08. The predicted molar refractivity (Wildman–Crippen MR) is 142 cm³/mol. The Morgan fingerprint density at radius 3 is 2.58 bits per heavy atom. The van der Waals surface area contributed by atoms with E-state index in [1.165, 1.54) is 0 Å². The van der Waals surface area contributed by atoms with Crippen LogP contribution in [0.25, 0.3) is 55.6 Å². The molecule has 1 aliphatic rings. The molecule has 7 nitrogen and oxygen atoms in total. The standard InChI is InChI=1S/C29H23F2N7/c30-29(31)6-9-38(17-29)16-18-10-21(15-33-13-18)19-3-4-25-22(11-19)28(37-36-25)26-12-23-24(35-26)5-8-34-27(23)20-2-1-7-32-14-20/h1-5,7-8,10-15,35H,6,9,16-17H2,(H,36,37). The molecule has 0 saturated carbocycles. The maximum absolute atomic E-state index is 13.6. The number of H-pyrrole nitrogens is 2. The van der Waals surface area contributed by atoms with Crippen molar-refractivity contribution in [2.75, 3.05) is 13.1 Å². The number of rotatable bonds is 5. The van der Waals surface area contributed by atoms with Crippen LogP contribution in [0.4, 0.5) is 8.78 Å². The second kappa shape index (κ2) is 8.81. The van der Waals surface area contributed by atoms with Crippen molar-refractivity contribution in [3.63, 3.8) is 0 Å². The van der Waals surface area contributed by atoms with E-state index in [2.05, 4.69) is 42.3 Å². The van der Waals surface area contributed by atoms with Gasteiger partial charge in [-0.15, -0.1) is 0 Å². The average molecular weight is 508 g/mol. The number of fused-ring (bicyclic) bond motifs is 2. The van der Waals surface area contributed by atoms with Gasteiger partial charge in [0.25, 0.3) is 5.92 Å². The summed E-state index contributed by atoms with van der Waals surface area (Å²) in [5.41, 5.74) is 8.19. The lowest BCUT2D eigenvalue weighted by Gasteiger charge is -2.15. The van der Waals surface area contributed by atoms with E-state index >= 15 is 0 Å². The molecule has 0 bridgehead atoms. The molecular formula is C29H23F2N7. The first-order valence-electron chi connectivity index (χ1n) is 12.4. The predicted octanol–water partition coefficient (Wildman–Crippen LogP) is 6.07. The molecule has 1 fully saturated rings. The molecule has 0 unspecified atom stereocenters. The van der Waals surface area contributed by atoms with Gasteiger partial charge < -0.3 is 4.98 Å². The van der Waals surface area contributed by atoms with Crippen LogP contribution in [0, 0.1) is 0 Å². The van der Waals surface area contributed by atoms with Crippen LogP contribution in [-0.2, 0) is 6.54 Å². The lowest BCUT2D eigenvalue weighted by molar-refractivity contribution is 0.0115. The molecule has 6 heterocycles. The summed E-state index contributed by atoms with van der Waals surface area (Å²) in [5, 5.41) is 9.71. The van der Waals surface area contributed by atoms with Crippen LogP contribution in [-0.4, -0.2) is 54.0 Å². The fourth-order valence-electron chi connectivity index (χ4n) is 5.25. The first-order valence-corrected chi connectivity index (χ1v) is 12.4. The van der Waals surface area contributed by atoms with Crippen molar-refractivity contribution >= 4 is 21.8 Å². The van der Waals surface area contributed by atoms with Gasteiger partial charge in [-0.05, 0) is 53.6 Å². The Labute approximate surface area is 216 Å². The van der Waals surface area contributed by atoms with Crippen LogP contribution in [0.2, 0.25) is 0 Å². The Bertz CT molecular complexity index is 1770. The quantitative estimate of drug-likeness (QED) is 0.296. The number of hydrogen-bond donors (Lipinski definition) is 2. The Balaban J connectivity index is 1.24. The van der Waals surface area contributed by atoms with Gasteiger partial charge in [0.2, 0.25) is 0 Å². The summed E-state index contributed by atoms with van der Waals surface area (Å²) in [5.74, 6) is -2.61. The number of aromatic nitrogens is 6. The number of nitrogens with one attached hydrogen (secondary N) is 2. The summed E-state index contributed by atoms with van der Waals surface area (Å²) in [4.78, 5) is 18.5. The number of nitrogens with zero attached hydrogens (tertiary/aromatic N) is 5. The number of likely N-dealkylation sites (tertiary alicyclic amines) is 1. The molecule has 1 saturated heterocycles. The Morgan fingerprint density at radius 1 is 0.842 bits per heavy atom. The molecule has 0 radical (unpaired) electrons. The van der Waals surface area contributed by atoms with Gasteiger partial charge in [0, 0.05) is 77.9 Å². The minimum absolute atomic E-state index is 0.0897. The molecule has 1 aromatic carbocycles. The molecule has 0 aliphatic carbocycles. The molecule has 9 heteroatoms. The lowest BCUT2D eigenvalue weighted by Crippen LogP contribution is -2.24. The van der Waals surface area contributed by atoms with Crippen molar-refractivity contribution in [3.05, 3.63) is 85.1 Å². The topological polar surface area (TPSA) is 86.4 Å². The van der Waals surface area contributed by atoms with E-state index in [1.54, 1.807) is 29.7 Å². The molecule has 0 spiro atoms. The molecule has 1 aliphatic heterocycles. The molecule has 188 valence electrons. The van der Waals surface area contributed by atoms with Crippen LogP contribution in [0.15, 0.2) is 79.5 Å². The highest BCUT2D eigenvalue weighted by Crippen LogP contribution is 2.34. The first kappa shape index (κ1) is 22.7. The number of benzene rings is 1. The van der Waals surface area contributed by atoms with Crippen molar-refractivity contribution in [1.82, 2.24) is 35.0 Å². The third kappa shape index (κ3) is 4.10. The van der Waals surface area contributed by atoms with Crippen LogP contribution >= 0.6 is 0 Å². The highest BCUT2D eigenvalue weighted by molar-refractivity contribution is 6.00. The highest BCUT2D eigenvalue weighted by atomic mass is 19.3. The smallest absolute Gasteiger partial charge is 0.261 e. The van der Waals surface area contributed by atoms with Crippen LogP contribution in [0.3, 0.4) is 0 Å². The number of pyridine rings is 3. The molecule has 0 atom stereocenters. The van der Waals surface area contributed by atoms with Gasteiger partial charge in [0.05, 0.1) is 23.4 Å². The van der Waals surface area contributed by atoms with Crippen molar-refractivity contribution in [2.24, 2.45) is 0 Å². The van der Waals surface area contributed by atoms with E-state index in [1.807, 2.05) is 42.6 Å². The zero-order chi connectivity index (χ0) is 25.7. The fourth-order valence-corrected chi connectivity index (χ4v) is 5.25. The molecule has 0 amide bonds. The van der Waals surface area contributed by atoms with E-state index in [0.717, 1.165) is 61.1 Å². The second-order valence-corrected chi connectivity index (χ2v) is 9.78. The Morgan fingerprint density at radius 2 is 1.74 bits per heavy atom. The summed E-state index contributed by atoms with van der Waals surface area (Å²) in [6.07, 6.45) is 8.80. The van der Waals surface area contributed by atoms with Gasteiger partial charge in [-0.3, -0.25) is 25.0 Å². The number of alkyl halides is 2. The summed E-state index contributed by atoms with van der Waals surface area (Å²) in [6, 6.07) is 16.0. The normalized spacial score (nSPS) is 15.5. The van der Waals surface area contributed by atoms with Crippen molar-refractivity contribution in [3.8, 4) is 33.8 Å². The zero-order valence-electron chi connectivity index (χ0n) is 20.3. The van der Waals surface area contributed by atoms with Crippen molar-refractivity contribution < 1.29 is 8.78 Å². The van der Waals surface area contributed by atoms with Gasteiger partial charge in [-0.1, -0.05) is 6.07 Å². The van der Waals surface area contributed by atoms with Gasteiger partial charge in [-0.25, -0.2) is 8.78 Å². The first-order chi connectivity index (χ1) is 18.5. The van der Waals surface area contributed by atoms with E-state index in [4.69, 9.17) is 0 Å². The van der Waals surface area contributed by atoms with Gasteiger partial charge in [0.15, 0.2) is 0 Å². The molecule has 38 heavy (non-hydrogen) atoms. The van der Waals surface area contributed by atoms with Crippen molar-refractivity contribution in [2.45, 2.75) is 18.9 Å². The minimum Gasteiger partial charge on any atom is -0.353 e. The molecule has 5 aromatic heterocycles. The summed E-state index contributed by atoms with van der Waals surface area (Å²) in [7, 11) is 0. The maximum Gasteiger partial charge on any atom is 0.261 e. The monoisotopic (exact) mass is 507 g/mol. The fraction of sp³-hybridized carbons (Fsp3) is 0.172. The highest BCUT2D eigenvalue weighted by Gasteiger charge is 2.37. The molecular weight excluding hydrogens is 484 g/mol. The Kier molecular flexibility index (Phi) is 5.26. The third-order valence-electron chi connectivity index (χ3n) is 7.08. The van der Waals surface area contributed by atoms with Gasteiger partial charge in [-0.2, -0.15) is 5.10 Å². The maximum atomic E-state index is 13.6. The van der Waals surface area contributed by atoms with E-state index in [-0.39, 0.29) is 13.0 Å².